The van der Waals surface area contributed by atoms with E-state index in [9.17, 15) is 9.59 Å². The Morgan fingerprint density at radius 3 is 2.57 bits per heavy atom. The Bertz CT molecular complexity index is 879. The van der Waals surface area contributed by atoms with Crippen molar-refractivity contribution >= 4 is 35.2 Å². The van der Waals surface area contributed by atoms with E-state index >= 15 is 0 Å². The van der Waals surface area contributed by atoms with Gasteiger partial charge in [-0.1, -0.05) is 23.2 Å². The number of halogens is 2. The number of hydrogen-bond donors (Lipinski definition) is 0. The van der Waals surface area contributed by atoms with E-state index in [4.69, 9.17) is 32.7 Å². The molecule has 0 aromatic heterocycles. The highest BCUT2D eigenvalue weighted by Gasteiger charge is 2.54. The zero-order chi connectivity index (χ0) is 21.8. The summed E-state index contributed by atoms with van der Waals surface area (Å²) in [4.78, 5) is 29.6. The maximum absolute atomic E-state index is 13.5. The fourth-order valence-electron chi connectivity index (χ4n) is 4.39. The van der Waals surface area contributed by atoms with Crippen molar-refractivity contribution in [1.29, 1.82) is 0 Å². The lowest BCUT2D eigenvalue weighted by molar-refractivity contribution is -0.162. The Morgan fingerprint density at radius 1 is 1.23 bits per heavy atom. The minimum Gasteiger partial charge on any atom is -0.444 e. The second-order valence-corrected chi connectivity index (χ2v) is 10.4. The van der Waals surface area contributed by atoms with Crippen LogP contribution in [0, 0.1) is 0 Å². The fraction of sp³-hybridized carbons (Fsp3) is 0.636. The van der Waals surface area contributed by atoms with Gasteiger partial charge in [0.05, 0.1) is 24.7 Å². The lowest BCUT2D eigenvalue weighted by atomic mass is 9.93. The highest BCUT2D eigenvalue weighted by atomic mass is 35.5. The Morgan fingerprint density at radius 2 is 1.93 bits per heavy atom. The first kappa shape index (κ1) is 21.7. The maximum Gasteiger partial charge on any atom is 0.410 e. The molecule has 164 valence electrons. The number of carbonyl (C=O) groups excluding carboxylic acids is 2. The Balaban J connectivity index is 1.53. The second-order valence-electron chi connectivity index (χ2n) is 9.57. The topological polar surface area (TPSA) is 59.1 Å². The van der Waals surface area contributed by atoms with Gasteiger partial charge in [-0.25, -0.2) is 4.79 Å². The summed E-state index contributed by atoms with van der Waals surface area (Å²) in [6, 6.07) is 3.44. The number of morpholine rings is 1. The summed E-state index contributed by atoms with van der Waals surface area (Å²) in [6.45, 7) is 8.70. The first-order valence-corrected chi connectivity index (χ1v) is 11.2. The first-order chi connectivity index (χ1) is 14.0. The molecule has 30 heavy (non-hydrogen) atoms. The molecule has 6 nitrogen and oxygen atoms in total. The standard InChI is InChI=1S/C22H28Cl2N2O4/c1-13-18-14(9-15(23)10-16(18)24)5-8-26(13)19(27)17-11-25(12-22(29-17)6-7-22)20(28)30-21(2,3)4/h9-10,13,17H,5-8,11-12H2,1-4H3/t13-,17+/m0/s1. The third-order valence-electron chi connectivity index (χ3n) is 5.96. The van der Waals surface area contributed by atoms with Crippen molar-refractivity contribution in [3.8, 4) is 0 Å². The minimum absolute atomic E-state index is 0.112. The number of benzene rings is 1. The van der Waals surface area contributed by atoms with Crippen molar-refractivity contribution in [2.24, 2.45) is 0 Å². The third kappa shape index (κ3) is 4.27. The van der Waals surface area contributed by atoms with Crippen LogP contribution in [0.2, 0.25) is 10.0 Å². The van der Waals surface area contributed by atoms with Crippen LogP contribution < -0.4 is 0 Å². The van der Waals surface area contributed by atoms with Gasteiger partial charge in [0.25, 0.3) is 5.91 Å². The zero-order valence-corrected chi connectivity index (χ0v) is 19.3. The number of carbonyl (C=O) groups is 2. The first-order valence-electron chi connectivity index (χ1n) is 10.4. The Kier molecular flexibility index (Phi) is 5.48. The lowest BCUT2D eigenvalue weighted by Gasteiger charge is -2.42. The van der Waals surface area contributed by atoms with Crippen LogP contribution in [0.5, 0.6) is 0 Å². The number of fused-ring (bicyclic) bond motifs is 1. The molecule has 1 aliphatic carbocycles. The molecule has 0 N–H and O–H groups in total. The second kappa shape index (κ2) is 7.57. The highest BCUT2D eigenvalue weighted by Crippen LogP contribution is 2.45. The van der Waals surface area contributed by atoms with Crippen molar-refractivity contribution < 1.29 is 19.1 Å². The third-order valence-corrected chi connectivity index (χ3v) is 6.49. The molecule has 2 aliphatic heterocycles. The fourth-order valence-corrected chi connectivity index (χ4v) is 5.08. The molecule has 1 aromatic carbocycles. The largest absolute Gasteiger partial charge is 0.444 e. The summed E-state index contributed by atoms with van der Waals surface area (Å²) in [5, 5.41) is 1.17. The summed E-state index contributed by atoms with van der Waals surface area (Å²) >= 11 is 12.6. The van der Waals surface area contributed by atoms with Gasteiger partial charge in [-0.05, 0) is 70.2 Å². The molecule has 1 aromatic rings. The van der Waals surface area contributed by atoms with E-state index in [1.807, 2.05) is 38.7 Å². The van der Waals surface area contributed by atoms with Gasteiger partial charge in [0.2, 0.25) is 0 Å². The van der Waals surface area contributed by atoms with E-state index < -0.39 is 23.4 Å². The predicted octanol–water partition coefficient (Wildman–Crippen LogP) is 4.61. The van der Waals surface area contributed by atoms with Crippen molar-refractivity contribution in [2.75, 3.05) is 19.6 Å². The van der Waals surface area contributed by atoms with Crippen LogP contribution in [0.4, 0.5) is 4.79 Å². The number of nitrogens with zero attached hydrogens (tertiary/aromatic N) is 2. The summed E-state index contributed by atoms with van der Waals surface area (Å²) in [6.07, 6.45) is 1.27. The average Bonchev–Trinajstić information content (AvgIpc) is 3.37. The molecule has 1 saturated carbocycles. The van der Waals surface area contributed by atoms with E-state index in [0.29, 0.717) is 29.6 Å². The molecule has 1 saturated heterocycles. The summed E-state index contributed by atoms with van der Waals surface area (Å²) in [5.74, 6) is -0.112. The molecule has 0 bridgehead atoms. The molecular formula is C22H28Cl2N2O4. The van der Waals surface area contributed by atoms with Gasteiger partial charge in [-0.2, -0.15) is 0 Å². The van der Waals surface area contributed by atoms with Gasteiger partial charge in [0.15, 0.2) is 6.10 Å². The highest BCUT2D eigenvalue weighted by molar-refractivity contribution is 6.35. The molecule has 2 atom stereocenters. The molecule has 2 heterocycles. The zero-order valence-electron chi connectivity index (χ0n) is 17.8. The minimum atomic E-state index is -0.705. The average molecular weight is 455 g/mol. The lowest BCUT2D eigenvalue weighted by Crippen LogP contribution is -2.58. The van der Waals surface area contributed by atoms with Crippen LogP contribution in [0.1, 0.15) is 57.7 Å². The Labute approximate surface area is 187 Å². The Hall–Kier alpha value is -1.50. The number of rotatable bonds is 1. The van der Waals surface area contributed by atoms with Crippen LogP contribution in [-0.2, 0) is 20.7 Å². The van der Waals surface area contributed by atoms with Crippen LogP contribution in [0.15, 0.2) is 12.1 Å². The molecule has 0 radical (unpaired) electrons. The summed E-state index contributed by atoms with van der Waals surface area (Å²) in [5.41, 5.74) is 0.996. The molecule has 4 rings (SSSR count). The molecule has 0 unspecified atom stereocenters. The van der Waals surface area contributed by atoms with Crippen LogP contribution >= 0.6 is 23.2 Å². The van der Waals surface area contributed by atoms with Gasteiger partial charge >= 0.3 is 6.09 Å². The number of amides is 2. The van der Waals surface area contributed by atoms with E-state index in [1.165, 1.54) is 0 Å². The van der Waals surface area contributed by atoms with Crippen LogP contribution in [0.25, 0.3) is 0 Å². The molecule has 3 aliphatic rings. The van der Waals surface area contributed by atoms with Crippen molar-refractivity contribution in [2.45, 2.75) is 70.3 Å². The quantitative estimate of drug-likeness (QED) is 0.621. The molecule has 1 spiro atoms. The molecule has 2 fully saturated rings. The number of hydrogen-bond acceptors (Lipinski definition) is 4. The van der Waals surface area contributed by atoms with Crippen molar-refractivity contribution in [3.63, 3.8) is 0 Å². The maximum atomic E-state index is 13.5. The smallest absolute Gasteiger partial charge is 0.410 e. The number of ether oxygens (including phenoxy) is 2. The van der Waals surface area contributed by atoms with Gasteiger partial charge < -0.3 is 19.3 Å². The van der Waals surface area contributed by atoms with Crippen LogP contribution in [0.3, 0.4) is 0 Å². The van der Waals surface area contributed by atoms with Gasteiger partial charge in [0, 0.05) is 16.6 Å². The van der Waals surface area contributed by atoms with Crippen molar-refractivity contribution in [1.82, 2.24) is 9.80 Å². The van der Waals surface area contributed by atoms with Crippen molar-refractivity contribution in [3.05, 3.63) is 33.3 Å². The molecular weight excluding hydrogens is 427 g/mol. The summed E-state index contributed by atoms with van der Waals surface area (Å²) < 4.78 is 11.7. The monoisotopic (exact) mass is 454 g/mol. The van der Waals surface area contributed by atoms with E-state index in [-0.39, 0.29) is 18.5 Å². The molecule has 2 amide bonds. The normalized spacial score (nSPS) is 25.1. The van der Waals surface area contributed by atoms with E-state index in [0.717, 1.165) is 24.0 Å². The predicted molar refractivity (Wildman–Crippen MR) is 115 cm³/mol. The van der Waals surface area contributed by atoms with E-state index in [1.54, 1.807) is 11.0 Å². The van der Waals surface area contributed by atoms with Gasteiger partial charge in [-0.15, -0.1) is 0 Å². The SMILES string of the molecule is C[C@H]1c2c(Cl)cc(Cl)cc2CCN1C(=O)[C@H]1CN(C(=O)OC(C)(C)C)CC2(CC2)O1. The molecule has 8 heteroatoms. The van der Waals surface area contributed by atoms with Crippen LogP contribution in [-0.4, -0.2) is 58.7 Å². The van der Waals surface area contributed by atoms with Gasteiger partial charge in [-0.3, -0.25) is 4.79 Å². The van der Waals surface area contributed by atoms with Gasteiger partial charge in [0.1, 0.15) is 5.60 Å². The van der Waals surface area contributed by atoms with E-state index in [2.05, 4.69) is 0 Å². The summed E-state index contributed by atoms with van der Waals surface area (Å²) in [7, 11) is 0.